The molecule has 0 radical (unpaired) electrons. The van der Waals surface area contributed by atoms with E-state index >= 15 is 0 Å². The van der Waals surface area contributed by atoms with Crippen molar-refractivity contribution in [3.05, 3.63) is 40.3 Å². The number of hydrogen-bond acceptors (Lipinski definition) is 7. The second-order valence-electron chi connectivity index (χ2n) is 3.90. The zero-order chi connectivity index (χ0) is 15.1. The van der Waals surface area contributed by atoms with Gasteiger partial charge in [0.15, 0.2) is 11.5 Å². The zero-order valence-electron chi connectivity index (χ0n) is 11.7. The molecule has 0 amide bonds. The van der Waals surface area contributed by atoms with Crippen molar-refractivity contribution in [1.29, 1.82) is 0 Å². The molecule has 1 heterocycles. The Morgan fingerprint density at radius 3 is 3.00 bits per heavy atom. The van der Waals surface area contributed by atoms with Crippen LogP contribution in [0.2, 0.25) is 0 Å². The molecule has 2 aromatic rings. The molecule has 0 atom stereocenters. The summed E-state index contributed by atoms with van der Waals surface area (Å²) in [5, 5.41) is 11.1. The largest absolute Gasteiger partial charge is 0.493 e. The highest BCUT2D eigenvalue weighted by atomic mass is 16.5. The van der Waals surface area contributed by atoms with E-state index in [0.29, 0.717) is 18.1 Å². The van der Waals surface area contributed by atoms with Crippen LogP contribution in [0.5, 0.6) is 11.5 Å². The molecule has 0 saturated carbocycles. The minimum atomic E-state index is -0.356. The Morgan fingerprint density at radius 1 is 1.43 bits per heavy atom. The molecule has 0 saturated heterocycles. The number of rotatable bonds is 6. The van der Waals surface area contributed by atoms with Crippen molar-refractivity contribution in [3.63, 3.8) is 0 Å². The van der Waals surface area contributed by atoms with Gasteiger partial charge in [-0.15, -0.1) is 10.2 Å². The zero-order valence-corrected chi connectivity index (χ0v) is 11.7. The maximum Gasteiger partial charge on any atom is 0.271 e. The van der Waals surface area contributed by atoms with Gasteiger partial charge in [0.1, 0.15) is 6.20 Å². The quantitative estimate of drug-likeness (QED) is 0.608. The molecule has 2 N–H and O–H groups in total. The molecular formula is C13H15N5O3. The second-order valence-corrected chi connectivity index (χ2v) is 3.90. The molecular weight excluding hydrogens is 274 g/mol. The molecule has 0 unspecified atom stereocenters. The van der Waals surface area contributed by atoms with Crippen LogP contribution in [-0.2, 0) is 0 Å². The summed E-state index contributed by atoms with van der Waals surface area (Å²) in [5.41, 5.74) is 3.02. The van der Waals surface area contributed by atoms with Gasteiger partial charge in [0, 0.05) is 0 Å². The van der Waals surface area contributed by atoms with Gasteiger partial charge in [-0.25, -0.2) is 5.43 Å². The van der Waals surface area contributed by atoms with Crippen LogP contribution in [0.1, 0.15) is 12.5 Å². The van der Waals surface area contributed by atoms with Crippen molar-refractivity contribution in [3.8, 4) is 11.5 Å². The van der Waals surface area contributed by atoms with Crippen LogP contribution in [0.15, 0.2) is 34.3 Å². The van der Waals surface area contributed by atoms with Gasteiger partial charge in [-0.1, -0.05) is 0 Å². The number of ether oxygens (including phenoxy) is 2. The van der Waals surface area contributed by atoms with Crippen LogP contribution in [0, 0.1) is 0 Å². The van der Waals surface area contributed by atoms with E-state index in [9.17, 15) is 4.79 Å². The van der Waals surface area contributed by atoms with Crippen LogP contribution in [0.3, 0.4) is 0 Å². The summed E-state index contributed by atoms with van der Waals surface area (Å²) in [6.07, 6.45) is 2.64. The fraction of sp³-hybridized carbons (Fsp3) is 0.231. The number of nitrogens with one attached hydrogen (secondary N) is 2. The molecule has 2 rings (SSSR count). The summed E-state index contributed by atoms with van der Waals surface area (Å²) >= 11 is 0. The van der Waals surface area contributed by atoms with E-state index in [4.69, 9.17) is 9.47 Å². The monoisotopic (exact) mass is 289 g/mol. The van der Waals surface area contributed by atoms with Crippen LogP contribution in [0.4, 0.5) is 5.95 Å². The molecule has 0 aliphatic heterocycles. The molecule has 0 aliphatic rings. The number of aromatic nitrogens is 3. The molecule has 1 aromatic heterocycles. The number of hydrazone groups is 1. The van der Waals surface area contributed by atoms with Gasteiger partial charge in [0.05, 0.1) is 19.9 Å². The van der Waals surface area contributed by atoms with Crippen LogP contribution in [0.25, 0.3) is 0 Å². The summed E-state index contributed by atoms with van der Waals surface area (Å²) < 4.78 is 10.7. The van der Waals surface area contributed by atoms with E-state index in [2.05, 4.69) is 25.7 Å². The summed E-state index contributed by atoms with van der Waals surface area (Å²) in [6, 6.07) is 5.42. The molecule has 0 aliphatic carbocycles. The lowest BCUT2D eigenvalue weighted by Gasteiger charge is -2.09. The Kier molecular flexibility index (Phi) is 4.86. The Morgan fingerprint density at radius 2 is 2.29 bits per heavy atom. The molecule has 0 spiro atoms. The number of aromatic amines is 1. The summed E-state index contributed by atoms with van der Waals surface area (Å²) in [4.78, 5) is 13.5. The molecule has 1 aromatic carbocycles. The lowest BCUT2D eigenvalue weighted by Crippen LogP contribution is -2.10. The summed E-state index contributed by atoms with van der Waals surface area (Å²) in [7, 11) is 1.57. The lowest BCUT2D eigenvalue weighted by atomic mass is 10.2. The smallest absolute Gasteiger partial charge is 0.271 e. The number of hydrogen-bond donors (Lipinski definition) is 2. The predicted molar refractivity (Wildman–Crippen MR) is 78.0 cm³/mol. The molecule has 8 heteroatoms. The number of anilines is 1. The molecule has 21 heavy (non-hydrogen) atoms. The molecule has 110 valence electrons. The van der Waals surface area contributed by atoms with Gasteiger partial charge in [0.2, 0.25) is 5.95 Å². The highest BCUT2D eigenvalue weighted by Gasteiger charge is 2.03. The van der Waals surface area contributed by atoms with E-state index in [-0.39, 0.29) is 11.5 Å². The molecule has 0 fully saturated rings. The maximum absolute atomic E-state index is 11.0. The number of methoxy groups -OCH3 is 1. The van der Waals surface area contributed by atoms with Gasteiger partial charge < -0.3 is 9.47 Å². The Hall–Kier alpha value is -2.90. The number of nitrogens with zero attached hydrogens (tertiary/aromatic N) is 3. The van der Waals surface area contributed by atoms with Gasteiger partial charge in [-0.2, -0.15) is 5.10 Å². The van der Waals surface area contributed by atoms with Crippen LogP contribution >= 0.6 is 0 Å². The van der Waals surface area contributed by atoms with E-state index in [0.717, 1.165) is 11.8 Å². The fourth-order valence-electron chi connectivity index (χ4n) is 1.57. The van der Waals surface area contributed by atoms with Gasteiger partial charge in [-0.3, -0.25) is 9.78 Å². The minimum Gasteiger partial charge on any atom is -0.493 e. The van der Waals surface area contributed by atoms with E-state index in [1.165, 1.54) is 0 Å². The van der Waals surface area contributed by atoms with Crippen molar-refractivity contribution < 1.29 is 9.47 Å². The Labute approximate surface area is 120 Å². The van der Waals surface area contributed by atoms with E-state index < -0.39 is 0 Å². The average Bonchev–Trinajstić information content (AvgIpc) is 2.49. The third-order valence-corrected chi connectivity index (χ3v) is 2.45. The van der Waals surface area contributed by atoms with Gasteiger partial charge in [0.25, 0.3) is 5.56 Å². The van der Waals surface area contributed by atoms with Gasteiger partial charge in [-0.05, 0) is 30.7 Å². The average molecular weight is 289 g/mol. The first-order valence-electron chi connectivity index (χ1n) is 6.25. The van der Waals surface area contributed by atoms with Crippen molar-refractivity contribution in [2.45, 2.75) is 6.92 Å². The van der Waals surface area contributed by atoms with Gasteiger partial charge >= 0.3 is 0 Å². The summed E-state index contributed by atoms with van der Waals surface area (Å²) in [5.74, 6) is 1.45. The maximum atomic E-state index is 11.0. The van der Waals surface area contributed by atoms with Crippen molar-refractivity contribution in [1.82, 2.24) is 15.2 Å². The Bertz CT molecular complexity index is 684. The third kappa shape index (κ3) is 4.03. The first kappa shape index (κ1) is 14.5. The minimum absolute atomic E-state index is 0.164. The first-order chi connectivity index (χ1) is 10.2. The standard InChI is InChI=1S/C13H15N5O3/c1-3-21-10-5-4-9(6-11(10)20-2)7-14-17-13-16-12(19)8-15-18-13/h4-8H,3H2,1-2H3,(H2,16,17,18,19)/b14-7-. The van der Waals surface area contributed by atoms with Crippen molar-refractivity contribution in [2.24, 2.45) is 5.10 Å². The molecule has 0 bridgehead atoms. The summed E-state index contributed by atoms with van der Waals surface area (Å²) in [6.45, 7) is 2.46. The normalized spacial score (nSPS) is 10.6. The fourth-order valence-corrected chi connectivity index (χ4v) is 1.57. The Balaban J connectivity index is 2.08. The predicted octanol–water partition coefficient (Wildman–Crippen LogP) is 1.02. The lowest BCUT2D eigenvalue weighted by molar-refractivity contribution is 0.311. The second kappa shape index (κ2) is 7.04. The van der Waals surface area contributed by atoms with E-state index in [1.54, 1.807) is 25.5 Å². The highest BCUT2D eigenvalue weighted by molar-refractivity contribution is 5.81. The first-order valence-corrected chi connectivity index (χ1v) is 6.25. The highest BCUT2D eigenvalue weighted by Crippen LogP contribution is 2.27. The van der Waals surface area contributed by atoms with Crippen molar-refractivity contribution >= 4 is 12.2 Å². The number of benzene rings is 1. The van der Waals surface area contributed by atoms with E-state index in [1.807, 2.05) is 13.0 Å². The topological polar surface area (TPSA) is 101 Å². The molecule has 8 nitrogen and oxygen atoms in total. The van der Waals surface area contributed by atoms with Crippen LogP contribution < -0.4 is 20.5 Å². The SMILES string of the molecule is CCOc1ccc(/C=N\Nc2nncc(=O)[nH]2)cc1OC. The number of H-pyrrole nitrogens is 1. The van der Waals surface area contributed by atoms with Crippen molar-refractivity contribution in [2.75, 3.05) is 19.1 Å². The van der Waals surface area contributed by atoms with Crippen LogP contribution in [-0.4, -0.2) is 35.1 Å². The third-order valence-electron chi connectivity index (χ3n) is 2.45.